The Morgan fingerprint density at radius 1 is 1.12 bits per heavy atom. The quantitative estimate of drug-likeness (QED) is 0.323. The number of hydrogen-bond donors (Lipinski definition) is 3. The first-order chi connectivity index (χ1) is 1.73. The fraction of sp³-hybridized carbons (Fsp3) is 0. The van der Waals surface area contributed by atoms with Crippen LogP contribution in [-0.4, -0.2) is 44.7 Å². The summed E-state index contributed by atoms with van der Waals surface area (Å²) in [5, 5.41) is 13.9. The van der Waals surface area contributed by atoms with Crippen molar-refractivity contribution in [3.05, 3.63) is 0 Å². The average molecular weight is 145 g/mol. The molecule has 0 spiro atoms. The molecule has 8 heavy (non-hydrogen) atoms. The zero-order valence-corrected chi connectivity index (χ0v) is 3.51. The van der Waals surface area contributed by atoms with Gasteiger partial charge in [-0.05, 0) is 0 Å². The zero-order valence-electron chi connectivity index (χ0n) is 3.51. The molecule has 0 aromatic heterocycles. The fourth-order valence-electron chi connectivity index (χ4n) is 0. The molecule has 0 radical (unpaired) electrons. The first kappa shape index (κ1) is 47.7. The summed E-state index contributed by atoms with van der Waals surface area (Å²) in [7, 11) is 0. The van der Waals surface area contributed by atoms with E-state index < -0.39 is 6.16 Å². The van der Waals surface area contributed by atoms with Crippen LogP contribution in [0.15, 0.2) is 0 Å². The van der Waals surface area contributed by atoms with Gasteiger partial charge in [0.2, 0.25) is 0 Å². The molecule has 0 rings (SSSR count). The maximum atomic E-state index is 8.56. The van der Waals surface area contributed by atoms with E-state index in [2.05, 4.69) is 0 Å². The van der Waals surface area contributed by atoms with Gasteiger partial charge in [-0.25, -0.2) is 4.79 Å². The van der Waals surface area contributed by atoms with E-state index in [-0.39, 0.29) is 34.5 Å². The van der Waals surface area contributed by atoms with Crippen LogP contribution >= 0.6 is 0 Å². The third-order valence-corrected chi connectivity index (χ3v) is 0. The highest BCUT2D eigenvalue weighted by molar-refractivity contribution is 5.75. The van der Waals surface area contributed by atoms with E-state index in [9.17, 15) is 0 Å². The van der Waals surface area contributed by atoms with Gasteiger partial charge in [-0.15, -0.1) is 0 Å². The van der Waals surface area contributed by atoms with Crippen molar-refractivity contribution in [1.29, 1.82) is 0 Å². The maximum absolute atomic E-state index is 8.56. The SMILES string of the molecule is N.O.O.O=C(O)O.[AlH3]. The standard InChI is InChI=1S/CH2O3.Al.H3N.2H2O.3H/c2-1(3)4;;;;;;;/h(H2,2,3,4);;1H3;2*1H2;;;. The molecule has 0 atom stereocenters. The summed E-state index contributed by atoms with van der Waals surface area (Å²) in [4.78, 5) is 8.56. The molecular formula is CH12AlNO5. The lowest BCUT2D eigenvalue weighted by atomic mass is 11.5. The van der Waals surface area contributed by atoms with E-state index in [0.29, 0.717) is 0 Å². The Morgan fingerprint density at radius 2 is 1.12 bits per heavy atom. The minimum atomic E-state index is -1.83. The Kier molecular flexibility index (Phi) is 179. The van der Waals surface area contributed by atoms with Crippen LogP contribution in [0.3, 0.4) is 0 Å². The largest absolute Gasteiger partial charge is 0.503 e. The fourth-order valence-corrected chi connectivity index (χ4v) is 0. The Hall–Kier alpha value is -0.318. The Labute approximate surface area is 56.5 Å². The smallest absolute Gasteiger partial charge is 0.450 e. The molecule has 0 aliphatic heterocycles. The first-order valence-corrected chi connectivity index (χ1v) is 0.651. The predicted octanol–water partition coefficient (Wildman–Crippen LogP) is -2.45. The van der Waals surface area contributed by atoms with Gasteiger partial charge < -0.3 is 27.3 Å². The average Bonchev–Trinajstić information content (AvgIpc) is 0.811. The van der Waals surface area contributed by atoms with Gasteiger partial charge in [0.15, 0.2) is 17.4 Å². The van der Waals surface area contributed by atoms with Crippen molar-refractivity contribution in [2.75, 3.05) is 0 Å². The molecule has 54 valence electrons. The number of carboxylic acid groups (broad SMARTS) is 2. The van der Waals surface area contributed by atoms with Gasteiger partial charge in [-0.2, -0.15) is 0 Å². The van der Waals surface area contributed by atoms with Gasteiger partial charge in [-0.3, -0.25) is 0 Å². The van der Waals surface area contributed by atoms with Crippen LogP contribution in [-0.2, 0) is 0 Å². The molecule has 0 unspecified atom stereocenters. The highest BCUT2D eigenvalue weighted by Gasteiger charge is 1.70. The monoisotopic (exact) mass is 145 g/mol. The molecule has 0 aromatic carbocycles. The third kappa shape index (κ3) is 1240. The molecule has 0 bridgehead atoms. The first-order valence-electron chi connectivity index (χ1n) is 0.651. The maximum Gasteiger partial charge on any atom is 0.503 e. The topological polar surface area (TPSA) is 156 Å². The van der Waals surface area contributed by atoms with E-state index in [0.717, 1.165) is 0 Å². The summed E-state index contributed by atoms with van der Waals surface area (Å²) >= 11 is 0. The van der Waals surface area contributed by atoms with Crippen molar-refractivity contribution in [1.82, 2.24) is 6.15 Å². The third-order valence-electron chi connectivity index (χ3n) is 0. The van der Waals surface area contributed by atoms with Crippen molar-refractivity contribution >= 4 is 23.5 Å². The van der Waals surface area contributed by atoms with Crippen molar-refractivity contribution in [2.45, 2.75) is 0 Å². The number of carbonyl (C=O) groups is 1. The minimum Gasteiger partial charge on any atom is -0.450 e. The lowest BCUT2D eigenvalue weighted by Gasteiger charge is -1.60. The molecular weight excluding hydrogens is 133 g/mol. The van der Waals surface area contributed by atoms with Crippen LogP contribution in [0.2, 0.25) is 0 Å². The summed E-state index contributed by atoms with van der Waals surface area (Å²) in [5.41, 5.74) is 0. The molecule has 7 heteroatoms. The number of rotatable bonds is 0. The summed E-state index contributed by atoms with van der Waals surface area (Å²) in [6, 6.07) is 0. The summed E-state index contributed by atoms with van der Waals surface area (Å²) in [6.45, 7) is 0. The summed E-state index contributed by atoms with van der Waals surface area (Å²) in [6.07, 6.45) is -1.83. The van der Waals surface area contributed by atoms with E-state index in [1.54, 1.807) is 0 Å². The van der Waals surface area contributed by atoms with Crippen LogP contribution < -0.4 is 6.15 Å². The lowest BCUT2D eigenvalue weighted by molar-refractivity contribution is 0.137. The van der Waals surface area contributed by atoms with E-state index >= 15 is 0 Å². The van der Waals surface area contributed by atoms with E-state index in [1.165, 1.54) is 0 Å². The minimum absolute atomic E-state index is 0. The lowest BCUT2D eigenvalue weighted by Crippen LogP contribution is -1.81. The molecule has 0 amide bonds. The van der Waals surface area contributed by atoms with Crippen LogP contribution in [0.1, 0.15) is 0 Å². The number of hydrogen-bond acceptors (Lipinski definition) is 2. The molecule has 0 saturated heterocycles. The Morgan fingerprint density at radius 3 is 1.12 bits per heavy atom. The van der Waals surface area contributed by atoms with Crippen LogP contribution in [0, 0.1) is 0 Å². The molecule has 0 heterocycles. The zero-order chi connectivity index (χ0) is 3.58. The van der Waals surface area contributed by atoms with Crippen molar-refractivity contribution in [2.24, 2.45) is 0 Å². The van der Waals surface area contributed by atoms with Gasteiger partial charge in [0.1, 0.15) is 0 Å². The molecule has 0 aliphatic rings. The molecule has 0 aliphatic carbocycles. The highest BCUT2D eigenvalue weighted by Crippen LogP contribution is 1.42. The molecule has 0 fully saturated rings. The van der Waals surface area contributed by atoms with Crippen LogP contribution in [0.5, 0.6) is 0 Å². The normalized spacial score (nSPS) is 3.00. The second-order valence-corrected chi connectivity index (χ2v) is 0.283. The molecule has 0 aromatic rings. The van der Waals surface area contributed by atoms with E-state index in [1.807, 2.05) is 0 Å². The second kappa shape index (κ2) is 30.0. The Balaban J connectivity index is -0.00000000750. The predicted molar refractivity (Wildman–Crippen MR) is 32.8 cm³/mol. The molecule has 6 nitrogen and oxygen atoms in total. The van der Waals surface area contributed by atoms with Gasteiger partial charge in [0.05, 0.1) is 0 Å². The van der Waals surface area contributed by atoms with Gasteiger partial charge >= 0.3 is 6.16 Å². The highest BCUT2D eigenvalue weighted by atomic mass is 27.0. The summed E-state index contributed by atoms with van der Waals surface area (Å²) < 4.78 is 0. The van der Waals surface area contributed by atoms with E-state index in [4.69, 9.17) is 15.0 Å². The van der Waals surface area contributed by atoms with Crippen LogP contribution in [0.4, 0.5) is 4.79 Å². The molecule has 9 N–H and O–H groups in total. The van der Waals surface area contributed by atoms with Crippen LogP contribution in [0.25, 0.3) is 0 Å². The Bertz CT molecular complexity index is 35.4. The van der Waals surface area contributed by atoms with Gasteiger partial charge in [0.25, 0.3) is 0 Å². The van der Waals surface area contributed by atoms with Crippen molar-refractivity contribution < 1.29 is 26.0 Å². The van der Waals surface area contributed by atoms with Crippen molar-refractivity contribution in [3.8, 4) is 0 Å². The van der Waals surface area contributed by atoms with Gasteiger partial charge in [0, 0.05) is 0 Å². The molecule has 0 saturated carbocycles. The second-order valence-electron chi connectivity index (χ2n) is 0.283. The summed E-state index contributed by atoms with van der Waals surface area (Å²) in [5.74, 6) is 0. The van der Waals surface area contributed by atoms with Crippen molar-refractivity contribution in [3.63, 3.8) is 0 Å². The van der Waals surface area contributed by atoms with Gasteiger partial charge in [-0.1, -0.05) is 0 Å².